The highest BCUT2D eigenvalue weighted by atomic mass is 35.5. The third kappa shape index (κ3) is 5.82. The molecule has 1 fully saturated rings. The van der Waals surface area contributed by atoms with Crippen LogP contribution < -0.4 is 5.32 Å². The van der Waals surface area contributed by atoms with Crippen LogP contribution in [0.1, 0.15) is 55.6 Å². The zero-order valence-corrected chi connectivity index (χ0v) is 19.3. The van der Waals surface area contributed by atoms with Crippen LogP contribution in [-0.4, -0.2) is 23.0 Å². The van der Waals surface area contributed by atoms with Crippen molar-refractivity contribution in [1.29, 1.82) is 5.26 Å². The fraction of sp³-hybridized carbons (Fsp3) is 0.400. The molecule has 0 aliphatic carbocycles. The number of nitrogens with zero attached hydrogens (tertiary/aromatic N) is 1. The van der Waals surface area contributed by atoms with Gasteiger partial charge in [0.15, 0.2) is 0 Å². The van der Waals surface area contributed by atoms with Gasteiger partial charge in [-0.25, -0.2) is 0 Å². The first kappa shape index (κ1) is 24.1. The van der Waals surface area contributed by atoms with Crippen LogP contribution in [0.25, 0.3) is 0 Å². The van der Waals surface area contributed by atoms with Gasteiger partial charge in [-0.15, -0.1) is 0 Å². The zero-order chi connectivity index (χ0) is 23.3. The van der Waals surface area contributed by atoms with Crippen molar-refractivity contribution in [2.45, 2.75) is 50.5 Å². The molecule has 2 N–H and O–H groups in total. The van der Waals surface area contributed by atoms with E-state index < -0.39 is 11.9 Å². The van der Waals surface area contributed by atoms with Crippen LogP contribution in [0.4, 0.5) is 0 Å². The number of carbonyl (C=O) groups excluding carboxylic acids is 1. The number of benzene rings is 2. The normalized spacial score (nSPS) is 22.4. The minimum atomic E-state index is -0.993. The van der Waals surface area contributed by atoms with E-state index in [0.717, 1.165) is 17.5 Å². The van der Waals surface area contributed by atoms with Gasteiger partial charge in [-0.05, 0) is 54.2 Å². The average molecular weight is 473 g/mol. The second kappa shape index (κ2) is 10.8. The van der Waals surface area contributed by atoms with Crippen LogP contribution >= 0.6 is 23.2 Å². The van der Waals surface area contributed by atoms with E-state index in [0.29, 0.717) is 22.9 Å². The van der Waals surface area contributed by atoms with Gasteiger partial charge in [0.05, 0.1) is 18.4 Å². The van der Waals surface area contributed by atoms with E-state index >= 15 is 0 Å². The maximum Gasteiger partial charge on any atom is 0.304 e. The van der Waals surface area contributed by atoms with Gasteiger partial charge in [0.25, 0.3) is 0 Å². The molecular weight excluding hydrogens is 447 g/mol. The van der Waals surface area contributed by atoms with Crippen molar-refractivity contribution in [3.8, 4) is 6.07 Å². The summed E-state index contributed by atoms with van der Waals surface area (Å²) >= 11 is 12.2. The number of amides is 1. The highest BCUT2D eigenvalue weighted by Crippen LogP contribution is 2.40. The summed E-state index contributed by atoms with van der Waals surface area (Å²) in [6.45, 7) is 2.05. The molecule has 0 aromatic heterocycles. The highest BCUT2D eigenvalue weighted by molar-refractivity contribution is 6.30. The van der Waals surface area contributed by atoms with Crippen molar-refractivity contribution >= 4 is 35.1 Å². The standard InChI is InChI=1S/C25H26Cl2N2O3/c1-2-15(10-19(14-28)16-6-8-20(26)9-7-16)24-22(17-4-3-5-21(27)11-17)12-18(13-23(30)31)25(32)29-24/h3-9,11,15,18-19,22,24H,2,10,12-13H2,1H3,(H,29,32)(H,30,31). The summed E-state index contributed by atoms with van der Waals surface area (Å²) in [6.07, 6.45) is 1.55. The first-order chi connectivity index (χ1) is 15.3. The Morgan fingerprint density at radius 2 is 1.94 bits per heavy atom. The maximum atomic E-state index is 12.8. The molecule has 0 saturated carbocycles. The largest absolute Gasteiger partial charge is 0.481 e. The monoisotopic (exact) mass is 472 g/mol. The number of nitriles is 1. The SMILES string of the molecule is CCC(CC(C#N)c1ccc(Cl)cc1)C1NC(=O)C(CC(=O)O)CC1c1cccc(Cl)c1. The molecule has 1 amide bonds. The minimum Gasteiger partial charge on any atom is -0.481 e. The Hall–Kier alpha value is -2.55. The van der Waals surface area contributed by atoms with E-state index in [2.05, 4.69) is 11.4 Å². The molecule has 3 rings (SSSR count). The molecule has 2 aromatic carbocycles. The molecule has 168 valence electrons. The third-order valence-corrected chi connectivity index (χ3v) is 6.84. The summed E-state index contributed by atoms with van der Waals surface area (Å²) in [4.78, 5) is 24.1. The number of nitrogens with one attached hydrogen (secondary N) is 1. The predicted octanol–water partition coefficient (Wildman–Crippen LogP) is 5.78. The number of carbonyl (C=O) groups is 2. The Kier molecular flexibility index (Phi) is 8.17. The first-order valence-corrected chi connectivity index (χ1v) is 11.5. The number of rotatable bonds is 8. The Balaban J connectivity index is 1.91. The fourth-order valence-corrected chi connectivity index (χ4v) is 5.01. The molecule has 32 heavy (non-hydrogen) atoms. The van der Waals surface area contributed by atoms with Gasteiger partial charge >= 0.3 is 5.97 Å². The summed E-state index contributed by atoms with van der Waals surface area (Å²) in [6, 6.07) is 16.9. The number of hydrogen-bond acceptors (Lipinski definition) is 3. The molecule has 2 aromatic rings. The highest BCUT2D eigenvalue weighted by Gasteiger charge is 2.41. The van der Waals surface area contributed by atoms with Crippen LogP contribution in [0, 0.1) is 23.2 Å². The second-order valence-corrected chi connectivity index (χ2v) is 9.24. The average Bonchev–Trinajstić information content (AvgIpc) is 2.76. The summed E-state index contributed by atoms with van der Waals surface area (Å²) in [5.74, 6) is -2.25. The third-order valence-electron chi connectivity index (χ3n) is 6.35. The van der Waals surface area contributed by atoms with Crippen molar-refractivity contribution in [2.24, 2.45) is 11.8 Å². The lowest BCUT2D eigenvalue weighted by molar-refractivity contribution is -0.142. The Morgan fingerprint density at radius 3 is 2.53 bits per heavy atom. The second-order valence-electron chi connectivity index (χ2n) is 8.36. The minimum absolute atomic E-state index is 0.0223. The lowest BCUT2D eigenvalue weighted by atomic mass is 9.71. The number of piperidine rings is 1. The van der Waals surface area contributed by atoms with Gasteiger partial charge in [-0.1, -0.05) is 60.8 Å². The van der Waals surface area contributed by atoms with Crippen molar-refractivity contribution in [3.63, 3.8) is 0 Å². The van der Waals surface area contributed by atoms with Crippen LogP contribution in [0.15, 0.2) is 48.5 Å². The van der Waals surface area contributed by atoms with Gasteiger partial charge < -0.3 is 10.4 Å². The number of hydrogen-bond donors (Lipinski definition) is 2. The quantitative estimate of drug-likeness (QED) is 0.509. The first-order valence-electron chi connectivity index (χ1n) is 10.7. The smallest absolute Gasteiger partial charge is 0.304 e. The Morgan fingerprint density at radius 1 is 1.22 bits per heavy atom. The molecule has 1 aliphatic rings. The van der Waals surface area contributed by atoms with Crippen molar-refractivity contribution in [3.05, 3.63) is 69.7 Å². The lowest BCUT2D eigenvalue weighted by Gasteiger charge is -2.41. The molecule has 1 aliphatic heterocycles. The van der Waals surface area contributed by atoms with E-state index in [-0.39, 0.29) is 36.1 Å². The van der Waals surface area contributed by atoms with E-state index in [4.69, 9.17) is 23.2 Å². The van der Waals surface area contributed by atoms with Gasteiger partial charge in [-0.3, -0.25) is 9.59 Å². The molecule has 0 bridgehead atoms. The van der Waals surface area contributed by atoms with Crippen LogP contribution in [0.2, 0.25) is 10.0 Å². The van der Waals surface area contributed by atoms with Crippen LogP contribution in [-0.2, 0) is 9.59 Å². The van der Waals surface area contributed by atoms with Gasteiger partial charge in [0, 0.05) is 27.9 Å². The Labute approximate surface area is 198 Å². The van der Waals surface area contributed by atoms with Gasteiger partial charge in [0.1, 0.15) is 0 Å². The molecule has 0 spiro atoms. The van der Waals surface area contributed by atoms with E-state index in [1.54, 1.807) is 18.2 Å². The Bertz CT molecular complexity index is 1000. The van der Waals surface area contributed by atoms with Crippen molar-refractivity contribution in [2.75, 3.05) is 0 Å². The number of halogens is 2. The number of carboxylic acids is 1. The molecule has 1 saturated heterocycles. The van der Waals surface area contributed by atoms with Crippen molar-refractivity contribution < 1.29 is 14.7 Å². The molecule has 5 atom stereocenters. The van der Waals surface area contributed by atoms with E-state index in [1.807, 2.05) is 37.3 Å². The van der Waals surface area contributed by atoms with Crippen LogP contribution in [0.5, 0.6) is 0 Å². The maximum absolute atomic E-state index is 12.8. The zero-order valence-electron chi connectivity index (χ0n) is 17.8. The number of carboxylic acid groups (broad SMARTS) is 1. The molecule has 7 heteroatoms. The molecule has 0 radical (unpaired) electrons. The van der Waals surface area contributed by atoms with Gasteiger partial charge in [-0.2, -0.15) is 5.26 Å². The summed E-state index contributed by atoms with van der Waals surface area (Å²) in [7, 11) is 0. The topological polar surface area (TPSA) is 90.2 Å². The number of aliphatic carboxylic acids is 1. The molecule has 5 nitrogen and oxygen atoms in total. The lowest BCUT2D eigenvalue weighted by Crippen LogP contribution is -2.52. The molecule has 1 heterocycles. The van der Waals surface area contributed by atoms with Gasteiger partial charge in [0.2, 0.25) is 5.91 Å². The fourth-order valence-electron chi connectivity index (χ4n) is 4.69. The summed E-state index contributed by atoms with van der Waals surface area (Å²) in [5, 5.41) is 23.4. The summed E-state index contributed by atoms with van der Waals surface area (Å²) in [5.41, 5.74) is 1.86. The molecule has 5 unspecified atom stereocenters. The van der Waals surface area contributed by atoms with E-state index in [9.17, 15) is 20.0 Å². The van der Waals surface area contributed by atoms with Crippen LogP contribution in [0.3, 0.4) is 0 Å². The van der Waals surface area contributed by atoms with E-state index in [1.165, 1.54) is 0 Å². The van der Waals surface area contributed by atoms with Crippen molar-refractivity contribution in [1.82, 2.24) is 5.32 Å². The summed E-state index contributed by atoms with van der Waals surface area (Å²) < 4.78 is 0. The predicted molar refractivity (Wildman–Crippen MR) is 125 cm³/mol. The molecular formula is C25H26Cl2N2O3.